The van der Waals surface area contributed by atoms with E-state index in [0.29, 0.717) is 5.65 Å². The number of fused-ring (bicyclic) bond motifs is 3. The molecule has 0 aromatic carbocycles. The first-order valence-corrected chi connectivity index (χ1v) is 9.49. The lowest BCUT2D eigenvalue weighted by Crippen LogP contribution is -2.46. The van der Waals surface area contributed by atoms with Crippen LogP contribution in [-0.4, -0.2) is 64.3 Å². The molecule has 0 aliphatic carbocycles. The van der Waals surface area contributed by atoms with Crippen LogP contribution in [0, 0.1) is 0 Å². The molecule has 12 heteroatoms. The van der Waals surface area contributed by atoms with Gasteiger partial charge in [-0.2, -0.15) is 0 Å². The summed E-state index contributed by atoms with van der Waals surface area (Å²) in [5.41, 5.74) is -1.00. The van der Waals surface area contributed by atoms with Crippen LogP contribution >= 0.6 is 7.60 Å². The van der Waals surface area contributed by atoms with E-state index in [4.69, 9.17) is 18.7 Å². The fourth-order valence-corrected chi connectivity index (χ4v) is 4.10. The Morgan fingerprint density at radius 1 is 1.56 bits per heavy atom. The molecule has 2 saturated heterocycles. The molecule has 25 heavy (non-hydrogen) atoms. The van der Waals surface area contributed by atoms with Gasteiger partial charge in [-0.15, -0.1) is 0 Å². The molecule has 11 nitrogen and oxygen atoms in total. The molecule has 2 aliphatic heterocycles. The van der Waals surface area contributed by atoms with Crippen LogP contribution < -0.4 is 10.5 Å². The van der Waals surface area contributed by atoms with Gasteiger partial charge in [0.2, 0.25) is 0 Å². The number of methoxy groups -OCH3 is 1. The fourth-order valence-electron chi connectivity index (χ4n) is 3.38. The van der Waals surface area contributed by atoms with Gasteiger partial charge in [-0.25, -0.2) is 9.97 Å². The summed E-state index contributed by atoms with van der Waals surface area (Å²) in [6, 6.07) is 0. The van der Waals surface area contributed by atoms with Crippen molar-refractivity contribution in [2.24, 2.45) is 0 Å². The molecule has 2 aromatic heterocycles. The van der Waals surface area contributed by atoms with Gasteiger partial charge in [0.1, 0.15) is 25.4 Å². The molecule has 2 aliphatic rings. The normalized spacial score (nSPS) is 33.8. The van der Waals surface area contributed by atoms with E-state index in [2.05, 4.69) is 15.0 Å². The van der Waals surface area contributed by atoms with E-state index in [1.165, 1.54) is 24.3 Å². The van der Waals surface area contributed by atoms with Crippen LogP contribution in [0.15, 0.2) is 17.4 Å². The first-order valence-electron chi connectivity index (χ1n) is 7.50. The van der Waals surface area contributed by atoms with Gasteiger partial charge in [0.05, 0.1) is 25.9 Å². The minimum absolute atomic E-state index is 0.0886. The summed E-state index contributed by atoms with van der Waals surface area (Å²) in [6.45, 7) is 1.21. The summed E-state index contributed by atoms with van der Waals surface area (Å²) in [7, 11) is -2.56. The summed E-state index contributed by atoms with van der Waals surface area (Å²) in [5.74, 6) is 0. The maximum atomic E-state index is 11.8. The summed E-state index contributed by atoms with van der Waals surface area (Å²) < 4.78 is 35.5. The molecule has 2 aromatic rings. The maximum Gasteiger partial charge on any atom is 0.278 e. The molecule has 0 saturated carbocycles. The highest BCUT2D eigenvalue weighted by Crippen LogP contribution is 2.51. The van der Waals surface area contributed by atoms with Crippen molar-refractivity contribution in [1.82, 2.24) is 19.5 Å². The molecule has 2 fully saturated rings. The van der Waals surface area contributed by atoms with Crippen molar-refractivity contribution in [2.45, 2.75) is 24.0 Å². The molecule has 5 atom stereocenters. The number of imidazole rings is 1. The van der Waals surface area contributed by atoms with Crippen LogP contribution in [0.4, 0.5) is 0 Å². The molecule has 1 N–H and O–H groups in total. The van der Waals surface area contributed by atoms with Crippen LogP contribution in [0.25, 0.3) is 11.2 Å². The SMILES string of the molecule is COC[C@]12CO[C@@H](C1OP(C)(=O)[O-])[C@H](n1cnc3c(=O)[nH]cnc31)O2. The maximum absolute atomic E-state index is 11.8. The predicted octanol–water partition coefficient (Wildman–Crippen LogP) is -0.999. The highest BCUT2D eigenvalue weighted by atomic mass is 31.2. The Morgan fingerprint density at radius 2 is 2.36 bits per heavy atom. The number of ether oxygens (including phenoxy) is 3. The second-order valence-corrected chi connectivity index (χ2v) is 7.89. The second-order valence-electron chi connectivity index (χ2n) is 6.13. The van der Waals surface area contributed by atoms with Crippen LogP contribution in [0.3, 0.4) is 0 Å². The Kier molecular flexibility index (Phi) is 3.83. The minimum atomic E-state index is -4.04. The Labute approximate surface area is 141 Å². The fraction of sp³-hybridized carbons (Fsp3) is 0.615. The number of nitrogens with one attached hydrogen (secondary N) is 1. The standard InChI is InChI=1S/C13H17N4O7P/c1-21-3-13-4-22-8(9(13)24-25(2,19)20)12(23-13)17-6-16-7-10(17)14-5-15-11(7)18/h5-6,8-9,12H,3-4H2,1-2H3,(H,19,20)(H,14,15,18)/p-1/t8-,9?,12+,13-/m0/s1. The smallest absolute Gasteiger partial charge is 0.278 e. The van der Waals surface area contributed by atoms with Gasteiger partial charge >= 0.3 is 0 Å². The van der Waals surface area contributed by atoms with Gasteiger partial charge in [0.15, 0.2) is 17.4 Å². The number of hydrogen-bond donors (Lipinski definition) is 1. The first kappa shape index (κ1) is 16.8. The Morgan fingerprint density at radius 3 is 3.08 bits per heavy atom. The Balaban J connectivity index is 1.76. The van der Waals surface area contributed by atoms with Crippen molar-refractivity contribution in [3.63, 3.8) is 0 Å². The van der Waals surface area contributed by atoms with Gasteiger partial charge in [-0.05, 0) is 0 Å². The molecule has 0 spiro atoms. The highest BCUT2D eigenvalue weighted by molar-refractivity contribution is 7.50. The Bertz CT molecular complexity index is 907. The lowest BCUT2D eigenvalue weighted by Gasteiger charge is -2.32. The number of nitrogens with zero attached hydrogens (tertiary/aromatic N) is 3. The lowest BCUT2D eigenvalue weighted by atomic mass is 10.0. The van der Waals surface area contributed by atoms with E-state index >= 15 is 0 Å². The zero-order valence-corrected chi connectivity index (χ0v) is 14.3. The van der Waals surface area contributed by atoms with Crippen molar-refractivity contribution in [1.29, 1.82) is 0 Å². The predicted molar refractivity (Wildman–Crippen MR) is 81.0 cm³/mol. The van der Waals surface area contributed by atoms with Crippen LogP contribution in [0.2, 0.25) is 0 Å². The minimum Gasteiger partial charge on any atom is -0.779 e. The van der Waals surface area contributed by atoms with E-state index < -0.39 is 31.6 Å². The zero-order valence-electron chi connectivity index (χ0n) is 13.4. The highest BCUT2D eigenvalue weighted by Gasteiger charge is 2.64. The van der Waals surface area contributed by atoms with Crippen molar-refractivity contribution in [3.05, 3.63) is 23.0 Å². The third kappa shape index (κ3) is 2.64. The van der Waals surface area contributed by atoms with Crippen molar-refractivity contribution in [3.8, 4) is 0 Å². The van der Waals surface area contributed by atoms with Gasteiger partial charge < -0.3 is 33.2 Å². The summed E-state index contributed by atoms with van der Waals surface area (Å²) in [4.78, 5) is 34.1. The first-order chi connectivity index (χ1) is 11.8. The number of rotatable bonds is 5. The monoisotopic (exact) mass is 371 g/mol. The van der Waals surface area contributed by atoms with Crippen LogP contribution in [-0.2, 0) is 23.3 Å². The number of hydrogen-bond acceptors (Lipinski definition) is 9. The average Bonchev–Trinajstić information content (AvgIpc) is 3.17. The van der Waals surface area contributed by atoms with Crippen LogP contribution in [0.1, 0.15) is 6.23 Å². The number of H-pyrrole nitrogens is 1. The molecule has 136 valence electrons. The molecule has 4 heterocycles. The van der Waals surface area contributed by atoms with E-state index in [-0.39, 0.29) is 24.3 Å². The topological polar surface area (TPSA) is 141 Å². The molecule has 2 unspecified atom stereocenters. The van der Waals surface area contributed by atoms with E-state index in [1.807, 2.05) is 0 Å². The largest absolute Gasteiger partial charge is 0.779 e. The van der Waals surface area contributed by atoms with E-state index in [1.54, 1.807) is 0 Å². The number of aromatic nitrogens is 4. The van der Waals surface area contributed by atoms with E-state index in [0.717, 1.165) is 6.66 Å². The number of aromatic amines is 1. The molecular weight excluding hydrogens is 355 g/mol. The summed E-state index contributed by atoms with van der Waals surface area (Å²) >= 11 is 0. The van der Waals surface area contributed by atoms with Gasteiger partial charge in [-0.1, -0.05) is 0 Å². The van der Waals surface area contributed by atoms with Crippen molar-refractivity contribution < 1.29 is 28.2 Å². The Hall–Kier alpha value is -1.62. The summed E-state index contributed by atoms with van der Waals surface area (Å²) in [5, 5.41) is 0. The van der Waals surface area contributed by atoms with Gasteiger partial charge in [0, 0.05) is 13.8 Å². The van der Waals surface area contributed by atoms with Gasteiger partial charge in [0.25, 0.3) is 5.56 Å². The van der Waals surface area contributed by atoms with E-state index in [9.17, 15) is 14.3 Å². The molecule has 4 rings (SSSR count). The molecular formula is C13H16N4O7P-. The third-order valence-electron chi connectivity index (χ3n) is 4.31. The molecule has 0 radical (unpaired) electrons. The molecule has 0 amide bonds. The van der Waals surface area contributed by atoms with Crippen molar-refractivity contribution in [2.75, 3.05) is 27.0 Å². The molecule has 2 bridgehead atoms. The third-order valence-corrected chi connectivity index (χ3v) is 4.92. The summed E-state index contributed by atoms with van der Waals surface area (Å²) in [6.07, 6.45) is 0.330. The lowest BCUT2D eigenvalue weighted by molar-refractivity contribution is -0.208. The van der Waals surface area contributed by atoms with Crippen LogP contribution in [0.5, 0.6) is 0 Å². The van der Waals surface area contributed by atoms with Crippen molar-refractivity contribution >= 4 is 18.8 Å². The zero-order chi connectivity index (χ0) is 17.8. The quantitative estimate of drug-likeness (QED) is 0.655. The van der Waals surface area contributed by atoms with Gasteiger partial charge in [-0.3, -0.25) is 9.36 Å². The average molecular weight is 371 g/mol. The second kappa shape index (κ2) is 5.70.